The minimum atomic E-state index is -0.309. The molecule has 0 spiro atoms. The van der Waals surface area contributed by atoms with Gasteiger partial charge in [-0.1, -0.05) is 5.16 Å². The van der Waals surface area contributed by atoms with Gasteiger partial charge in [0.05, 0.1) is 71.8 Å². The number of carbonyl (C=O) groups is 1. The highest BCUT2D eigenvalue weighted by Gasteiger charge is 2.33. The molecule has 3 aliphatic heterocycles. The first kappa shape index (κ1) is 32.8. The van der Waals surface area contributed by atoms with Crippen molar-refractivity contribution in [2.75, 3.05) is 55.3 Å². The van der Waals surface area contributed by atoms with Crippen molar-refractivity contribution in [3.63, 3.8) is 0 Å². The maximum absolute atomic E-state index is 13.1. The topological polar surface area (TPSA) is 119 Å². The molecule has 1 saturated heterocycles. The van der Waals surface area contributed by atoms with Crippen LogP contribution < -0.4 is 33.2 Å². The number of nitrogens with zero attached hydrogens (tertiary/aromatic N) is 3. The fourth-order valence-corrected chi connectivity index (χ4v) is 6.17. The molecule has 0 N–H and O–H groups in total. The highest BCUT2D eigenvalue weighted by atomic mass is 16.6. The Labute approximate surface area is 280 Å². The van der Waals surface area contributed by atoms with Crippen LogP contribution in [0.25, 0.3) is 0 Å². The molecule has 3 aliphatic rings. The van der Waals surface area contributed by atoms with Gasteiger partial charge in [0.1, 0.15) is 0 Å². The van der Waals surface area contributed by atoms with E-state index in [9.17, 15) is 4.79 Å². The summed E-state index contributed by atoms with van der Waals surface area (Å²) in [5, 5.41) is 4.36. The lowest BCUT2D eigenvalue weighted by molar-refractivity contribution is 0.0774. The van der Waals surface area contributed by atoms with Crippen molar-refractivity contribution in [3.8, 4) is 40.2 Å². The molecule has 3 aromatic rings. The number of unbranched alkanes of at least 4 members (excludes halogenated alkanes) is 1. The first-order valence-corrected chi connectivity index (χ1v) is 16.0. The zero-order chi connectivity index (χ0) is 33.6. The molecule has 254 valence electrons. The third kappa shape index (κ3) is 6.65. The van der Waals surface area contributed by atoms with Gasteiger partial charge in [0.15, 0.2) is 40.6 Å². The summed E-state index contributed by atoms with van der Waals surface area (Å²) >= 11 is 0. The van der Waals surface area contributed by atoms with Gasteiger partial charge in [-0.3, -0.25) is 9.79 Å². The number of aliphatic imine (C=N–C) groups is 1. The molecule has 48 heavy (non-hydrogen) atoms. The van der Waals surface area contributed by atoms with Gasteiger partial charge in [-0.2, -0.15) is 0 Å². The second-order valence-electron chi connectivity index (χ2n) is 11.6. The van der Waals surface area contributed by atoms with Crippen LogP contribution in [0.3, 0.4) is 0 Å². The monoisotopic (exact) mass is 659 g/mol. The van der Waals surface area contributed by atoms with Crippen LogP contribution in [0.1, 0.15) is 59.7 Å². The number of ether oxygens (including phenoxy) is 7. The largest absolute Gasteiger partial charge is 0.493 e. The Morgan fingerprint density at radius 3 is 2.17 bits per heavy atom. The van der Waals surface area contributed by atoms with Gasteiger partial charge in [0, 0.05) is 36.4 Å². The van der Waals surface area contributed by atoms with Crippen LogP contribution in [0.15, 0.2) is 52.6 Å². The standard InChI is InChI=1S/C36H41N3O9/c1-41-30-15-22(26-19-29(48-38-26)23-16-33(43-3)35(45-5)34(17-23)44-4)10-11-28(30)46-13-6-7-14-47-32-20-27-25(18-31(32)42-2)36(40)39-12-8-9-24(39)21-37-27/h10-11,15-18,20-21,24,29H,6-9,12-14,19H2,1-5H3/t24-,29?/m0/s1. The molecule has 1 fully saturated rings. The normalized spacial score (nSPS) is 17.9. The van der Waals surface area contributed by atoms with Crippen molar-refractivity contribution in [2.45, 2.75) is 44.2 Å². The molecule has 1 unspecified atom stereocenters. The second-order valence-corrected chi connectivity index (χ2v) is 11.6. The molecule has 3 heterocycles. The molecule has 0 saturated carbocycles. The zero-order valence-electron chi connectivity index (χ0n) is 27.9. The number of rotatable bonds is 14. The van der Waals surface area contributed by atoms with Crippen molar-refractivity contribution < 1.29 is 42.8 Å². The maximum Gasteiger partial charge on any atom is 0.256 e. The average molecular weight is 660 g/mol. The van der Waals surface area contributed by atoms with Gasteiger partial charge in [-0.25, -0.2) is 0 Å². The van der Waals surface area contributed by atoms with Crippen molar-refractivity contribution in [1.29, 1.82) is 0 Å². The Hall–Kier alpha value is -5.13. The Balaban J connectivity index is 1.01. The lowest BCUT2D eigenvalue weighted by Gasteiger charge is -2.20. The van der Waals surface area contributed by atoms with Crippen molar-refractivity contribution in [1.82, 2.24) is 4.90 Å². The fourth-order valence-electron chi connectivity index (χ4n) is 6.17. The number of amides is 1. The van der Waals surface area contributed by atoms with Gasteiger partial charge in [-0.15, -0.1) is 0 Å². The number of benzene rings is 3. The van der Waals surface area contributed by atoms with E-state index in [1.54, 1.807) is 47.7 Å². The smallest absolute Gasteiger partial charge is 0.256 e. The highest BCUT2D eigenvalue weighted by molar-refractivity contribution is 6.03. The first-order chi connectivity index (χ1) is 23.5. The predicted octanol–water partition coefficient (Wildman–Crippen LogP) is 6.15. The summed E-state index contributed by atoms with van der Waals surface area (Å²) < 4.78 is 39.8. The summed E-state index contributed by atoms with van der Waals surface area (Å²) in [4.78, 5) is 25.4. The molecule has 0 aliphatic carbocycles. The van der Waals surface area contributed by atoms with Crippen molar-refractivity contribution in [3.05, 3.63) is 59.2 Å². The van der Waals surface area contributed by atoms with Crippen LogP contribution >= 0.6 is 0 Å². The van der Waals surface area contributed by atoms with E-state index in [0.717, 1.165) is 49.1 Å². The molecule has 0 radical (unpaired) electrons. The minimum Gasteiger partial charge on any atom is -0.493 e. The van der Waals surface area contributed by atoms with Crippen LogP contribution in [0.2, 0.25) is 0 Å². The molecular formula is C36H41N3O9. The van der Waals surface area contributed by atoms with Gasteiger partial charge >= 0.3 is 0 Å². The molecule has 1 amide bonds. The third-order valence-corrected chi connectivity index (χ3v) is 8.74. The predicted molar refractivity (Wildman–Crippen MR) is 180 cm³/mol. The van der Waals surface area contributed by atoms with Crippen molar-refractivity contribution >= 4 is 23.5 Å². The molecule has 0 aromatic heterocycles. The molecule has 3 aromatic carbocycles. The van der Waals surface area contributed by atoms with E-state index in [4.69, 9.17) is 38.0 Å². The average Bonchev–Trinajstić information content (AvgIpc) is 3.79. The van der Waals surface area contributed by atoms with E-state index in [1.165, 1.54) is 0 Å². The van der Waals surface area contributed by atoms with E-state index < -0.39 is 0 Å². The number of hydrogen-bond acceptors (Lipinski definition) is 11. The molecule has 12 nitrogen and oxygen atoms in total. The summed E-state index contributed by atoms with van der Waals surface area (Å²) in [6.07, 6.45) is 5.54. The van der Waals surface area contributed by atoms with Crippen LogP contribution in [0.5, 0.6) is 40.2 Å². The number of methoxy groups -OCH3 is 5. The summed E-state index contributed by atoms with van der Waals surface area (Å²) in [5.41, 5.74) is 3.68. The van der Waals surface area contributed by atoms with E-state index in [2.05, 4.69) is 10.1 Å². The Morgan fingerprint density at radius 1 is 0.792 bits per heavy atom. The van der Waals surface area contributed by atoms with Gasteiger partial charge in [0.25, 0.3) is 5.91 Å². The number of hydrogen-bond donors (Lipinski definition) is 0. The maximum atomic E-state index is 13.1. The van der Waals surface area contributed by atoms with Crippen LogP contribution in [-0.4, -0.2) is 84.1 Å². The lowest BCUT2D eigenvalue weighted by atomic mass is 9.99. The highest BCUT2D eigenvalue weighted by Crippen LogP contribution is 2.43. The van der Waals surface area contributed by atoms with Gasteiger partial charge in [0.2, 0.25) is 5.75 Å². The second kappa shape index (κ2) is 14.7. The van der Waals surface area contributed by atoms with E-state index in [-0.39, 0.29) is 18.1 Å². The van der Waals surface area contributed by atoms with Crippen LogP contribution in [-0.2, 0) is 4.84 Å². The number of carbonyl (C=O) groups excluding carboxylic acids is 1. The fraction of sp³-hybridized carbons (Fsp3) is 0.417. The third-order valence-electron chi connectivity index (χ3n) is 8.74. The summed E-state index contributed by atoms with van der Waals surface area (Å²) in [5.74, 6) is 3.94. The van der Waals surface area contributed by atoms with E-state index in [1.807, 2.05) is 41.4 Å². The SMILES string of the molecule is COc1cc(C2=NOC(c3cc(OC)c(OC)c(OC)c3)C2)ccc1OCCCCOc1cc2c(cc1OC)C(=O)N1CCC[C@H]1C=N2. The van der Waals surface area contributed by atoms with Crippen LogP contribution in [0, 0.1) is 0 Å². The van der Waals surface area contributed by atoms with Crippen LogP contribution in [0.4, 0.5) is 5.69 Å². The van der Waals surface area contributed by atoms with E-state index in [0.29, 0.717) is 71.1 Å². The Bertz CT molecular complexity index is 1680. The first-order valence-electron chi connectivity index (χ1n) is 16.0. The Morgan fingerprint density at radius 2 is 1.48 bits per heavy atom. The summed E-state index contributed by atoms with van der Waals surface area (Å²) in [6.45, 7) is 1.67. The molecule has 2 atom stereocenters. The Kier molecular flexibility index (Phi) is 10.1. The van der Waals surface area contributed by atoms with Gasteiger partial charge in [-0.05, 0) is 62.1 Å². The molecule has 0 bridgehead atoms. The molecule has 6 rings (SSSR count). The molecule has 12 heteroatoms. The number of fused-ring (bicyclic) bond motifs is 2. The quantitative estimate of drug-likeness (QED) is 0.188. The van der Waals surface area contributed by atoms with Crippen molar-refractivity contribution in [2.24, 2.45) is 10.1 Å². The van der Waals surface area contributed by atoms with E-state index >= 15 is 0 Å². The molecular weight excluding hydrogens is 618 g/mol. The zero-order valence-corrected chi connectivity index (χ0v) is 27.9. The minimum absolute atomic E-state index is 0.0140. The lowest BCUT2D eigenvalue weighted by Crippen LogP contribution is -2.35. The van der Waals surface area contributed by atoms with Gasteiger partial charge < -0.3 is 42.9 Å². The summed E-state index contributed by atoms with van der Waals surface area (Å²) in [7, 11) is 7.92. The number of oxime groups is 1. The summed E-state index contributed by atoms with van der Waals surface area (Å²) in [6, 6.07) is 13.1.